The highest BCUT2D eigenvalue weighted by atomic mass is 35.5. The third-order valence-corrected chi connectivity index (χ3v) is 12.4. The van der Waals surface area contributed by atoms with Gasteiger partial charge in [-0.3, -0.25) is 33.7 Å². The lowest BCUT2D eigenvalue weighted by Gasteiger charge is -2.10. The zero-order chi connectivity index (χ0) is 43.6. The van der Waals surface area contributed by atoms with Crippen molar-refractivity contribution in [2.75, 3.05) is 36.9 Å². The summed E-state index contributed by atoms with van der Waals surface area (Å²) in [4.78, 5) is 52.5. The largest absolute Gasteiger partial charge is 0.492 e. The zero-order valence-corrected chi connectivity index (χ0v) is 37.7. The first kappa shape index (κ1) is 44.5. The van der Waals surface area contributed by atoms with Crippen LogP contribution in [0.2, 0.25) is 10.0 Å². The molecule has 7 N–H and O–H groups in total. The summed E-state index contributed by atoms with van der Waals surface area (Å²) in [7, 11) is 0. The predicted octanol–water partition coefficient (Wildman–Crippen LogP) is 7.02. The van der Waals surface area contributed by atoms with Crippen molar-refractivity contribution in [3.63, 3.8) is 0 Å². The monoisotopic (exact) mass is 964 g/mol. The maximum atomic E-state index is 12.1. The summed E-state index contributed by atoms with van der Waals surface area (Å²) in [5.41, 5.74) is 9.75. The Morgan fingerprint density at radius 1 is 0.766 bits per heavy atom. The molecule has 0 atom stereocenters. The van der Waals surface area contributed by atoms with Crippen molar-refractivity contribution >= 4 is 107 Å². The maximum absolute atomic E-state index is 12.1. The number of imidazole rings is 2. The second-order valence-corrected chi connectivity index (χ2v) is 17.4. The van der Waals surface area contributed by atoms with Crippen molar-refractivity contribution in [2.45, 2.75) is 32.6 Å². The van der Waals surface area contributed by atoms with Crippen LogP contribution in [0.1, 0.15) is 32.6 Å². The van der Waals surface area contributed by atoms with Crippen LogP contribution in [0.4, 0.5) is 10.3 Å². The number of nitrogens with one attached hydrogen (secondary N) is 5. The molecule has 2 fully saturated rings. The number of ether oxygens (including phenoxy) is 2. The van der Waals surface area contributed by atoms with E-state index in [1.807, 2.05) is 33.4 Å². The van der Waals surface area contributed by atoms with Crippen molar-refractivity contribution in [1.29, 1.82) is 0 Å². The van der Waals surface area contributed by atoms with Crippen molar-refractivity contribution in [1.82, 2.24) is 54.8 Å². The Morgan fingerprint density at radius 3 is 1.66 bits per heavy atom. The number of carbonyl (C=O) groups excluding carboxylic acids is 3. The number of hydrogen-bond donors (Lipinski definition) is 6. The molecule has 0 radical (unpaired) electrons. The minimum atomic E-state index is -0.105. The number of aromatic amines is 2. The van der Waals surface area contributed by atoms with Crippen molar-refractivity contribution < 1.29 is 23.9 Å². The Morgan fingerprint density at radius 2 is 1.23 bits per heavy atom. The summed E-state index contributed by atoms with van der Waals surface area (Å²) in [5.74, 6) is 2.65. The van der Waals surface area contributed by atoms with Gasteiger partial charge in [-0.05, 0) is 62.1 Å². The van der Waals surface area contributed by atoms with Gasteiger partial charge in [0.05, 0.1) is 40.4 Å². The van der Waals surface area contributed by atoms with E-state index >= 15 is 0 Å². The lowest BCUT2D eigenvalue weighted by atomic mass is 10.1. The number of fused-ring (bicyclic) bond motifs is 2. The minimum absolute atomic E-state index is 0. The van der Waals surface area contributed by atoms with Gasteiger partial charge in [0.15, 0.2) is 33.2 Å². The predicted molar refractivity (Wildman–Crippen MR) is 247 cm³/mol. The minimum Gasteiger partial charge on any atom is -0.492 e. The topological polar surface area (TPSA) is 251 Å². The Kier molecular flexibility index (Phi) is 13.4. The SMILES string of the molecule is CC(=O)NCCOc1ccc(-c2cncn2-c2n[nH]c3nc(NC(=O)C4CC4)sc23)c(Cl)c1.Cl.NCCOc1ccc(-c2cncn2-c2n[nH]c3nc(NC(=O)C4CC4)sc23)c(Cl)c1. The number of hydrogen-bond acceptors (Lipinski definition) is 14. The van der Waals surface area contributed by atoms with Crippen LogP contribution in [-0.4, -0.2) is 93.5 Å². The molecule has 2 aliphatic carbocycles. The Labute approximate surface area is 387 Å². The van der Waals surface area contributed by atoms with Crippen LogP contribution in [0.15, 0.2) is 61.4 Å². The highest BCUT2D eigenvalue weighted by Crippen LogP contribution is 2.39. The van der Waals surface area contributed by atoms with Gasteiger partial charge in [-0.15, -0.1) is 12.4 Å². The number of benzene rings is 2. The molecular weight excluding hydrogens is 927 g/mol. The van der Waals surface area contributed by atoms with Crippen LogP contribution >= 0.6 is 58.3 Å². The number of halogens is 3. The van der Waals surface area contributed by atoms with Gasteiger partial charge in [0.2, 0.25) is 17.7 Å². The molecule has 2 saturated carbocycles. The van der Waals surface area contributed by atoms with Gasteiger partial charge in [0.1, 0.15) is 46.8 Å². The molecule has 0 saturated heterocycles. The molecule has 2 aromatic carbocycles. The quantitative estimate of drug-likeness (QED) is 0.0567. The van der Waals surface area contributed by atoms with Crippen LogP contribution in [0.5, 0.6) is 11.5 Å². The lowest BCUT2D eigenvalue weighted by molar-refractivity contribution is -0.119. The summed E-state index contributed by atoms with van der Waals surface area (Å²) in [5, 5.41) is 25.2. The lowest BCUT2D eigenvalue weighted by Crippen LogP contribution is -2.25. The van der Waals surface area contributed by atoms with E-state index in [0.717, 1.165) is 57.6 Å². The third-order valence-electron chi connectivity index (χ3n) is 9.85. The average Bonchev–Trinajstić information content (AvgIpc) is 3.92. The zero-order valence-electron chi connectivity index (χ0n) is 33.8. The second kappa shape index (κ2) is 19.3. The molecule has 19 nitrogen and oxygen atoms in total. The molecule has 8 aromatic rings. The first-order valence-electron chi connectivity index (χ1n) is 19.8. The van der Waals surface area contributed by atoms with E-state index < -0.39 is 0 Å². The number of thiazole rings is 2. The fourth-order valence-electron chi connectivity index (χ4n) is 6.43. The summed E-state index contributed by atoms with van der Waals surface area (Å²) in [6, 6.07) is 10.8. The summed E-state index contributed by atoms with van der Waals surface area (Å²) in [6.07, 6.45) is 10.5. The fraction of sp³-hybridized carbons (Fsp3) is 0.275. The van der Waals surface area contributed by atoms with Gasteiger partial charge < -0.3 is 31.2 Å². The van der Waals surface area contributed by atoms with E-state index in [2.05, 4.69) is 56.3 Å². The standard InChI is InChI=1S/C21H20ClN7O3S.C19H18ClN7O2S.ClH/c1-11(30)24-6-7-32-13-4-5-14(15(22)8-13)16-9-23-10-29(16)19-17-18(27-28-19)25-21(33-17)26-20(31)12-2-3-12;20-13-7-11(29-6-5-21)3-4-12(13)14-8-22-9-27(14)17-15-16(25-26-17)23-19(30-15)24-18(28)10-1-2-10;/h4-5,8-10,12H,2-3,6-7H2,1H3,(H,24,30)(H2,25,26,27,28,31);3-4,7-10H,1-2,5-6,21H2,(H2,23,24,25,26,28);1H. The van der Waals surface area contributed by atoms with E-state index in [4.69, 9.17) is 38.4 Å². The average molecular weight is 966 g/mol. The Balaban J connectivity index is 0.000000173. The molecular formula is C40H39Cl3N14O5S2. The van der Waals surface area contributed by atoms with Gasteiger partial charge in [-0.1, -0.05) is 45.9 Å². The molecule has 6 aromatic heterocycles. The molecule has 2 aliphatic rings. The van der Waals surface area contributed by atoms with Crippen LogP contribution in [0, 0.1) is 11.8 Å². The Bertz CT molecular complexity index is 2970. The van der Waals surface area contributed by atoms with Crippen LogP contribution in [0.3, 0.4) is 0 Å². The smallest absolute Gasteiger partial charge is 0.229 e. The highest BCUT2D eigenvalue weighted by molar-refractivity contribution is 7.23. The molecule has 0 unspecified atom stereocenters. The second-order valence-electron chi connectivity index (χ2n) is 14.6. The van der Waals surface area contributed by atoms with Gasteiger partial charge >= 0.3 is 0 Å². The van der Waals surface area contributed by atoms with E-state index in [-0.39, 0.29) is 42.0 Å². The van der Waals surface area contributed by atoms with Gasteiger partial charge in [-0.25, -0.2) is 19.9 Å². The van der Waals surface area contributed by atoms with Crippen molar-refractivity contribution in [3.8, 4) is 45.6 Å². The number of rotatable bonds is 15. The number of nitrogens with zero attached hydrogens (tertiary/aromatic N) is 8. The molecule has 24 heteroatoms. The van der Waals surface area contributed by atoms with Crippen LogP contribution < -0.4 is 31.2 Å². The van der Waals surface area contributed by atoms with Gasteiger partial charge in [-0.2, -0.15) is 10.2 Å². The summed E-state index contributed by atoms with van der Waals surface area (Å²) in [6.45, 7) is 3.06. The fourth-order valence-corrected chi connectivity index (χ4v) is 8.78. The van der Waals surface area contributed by atoms with E-state index in [0.29, 0.717) is 81.0 Å². The molecule has 10 rings (SSSR count). The van der Waals surface area contributed by atoms with Crippen LogP contribution in [0.25, 0.3) is 54.8 Å². The molecule has 6 heterocycles. The highest BCUT2D eigenvalue weighted by Gasteiger charge is 2.31. The number of aromatic nitrogens is 10. The first-order chi connectivity index (χ1) is 30.6. The number of carbonyl (C=O) groups is 3. The third kappa shape index (κ3) is 9.83. The normalized spacial score (nSPS) is 13.2. The van der Waals surface area contributed by atoms with E-state index in [1.165, 1.54) is 29.6 Å². The van der Waals surface area contributed by atoms with Gasteiger partial charge in [0, 0.05) is 36.4 Å². The number of H-pyrrole nitrogens is 2. The van der Waals surface area contributed by atoms with Crippen molar-refractivity contribution in [2.24, 2.45) is 17.6 Å². The van der Waals surface area contributed by atoms with E-state index in [1.54, 1.807) is 37.2 Å². The molecule has 0 aliphatic heterocycles. The van der Waals surface area contributed by atoms with Crippen LogP contribution in [-0.2, 0) is 14.4 Å². The molecule has 3 amide bonds. The number of nitrogens with two attached hydrogens (primary N) is 1. The van der Waals surface area contributed by atoms with Crippen molar-refractivity contribution in [3.05, 3.63) is 71.5 Å². The maximum Gasteiger partial charge on any atom is 0.229 e. The number of amides is 3. The molecule has 332 valence electrons. The molecule has 0 spiro atoms. The Hall–Kier alpha value is -6.10. The summed E-state index contributed by atoms with van der Waals surface area (Å²) < 4.78 is 16.5. The molecule has 0 bridgehead atoms. The molecule has 64 heavy (non-hydrogen) atoms. The van der Waals surface area contributed by atoms with Gasteiger partial charge in [0.25, 0.3) is 0 Å². The first-order valence-corrected chi connectivity index (χ1v) is 22.2. The summed E-state index contributed by atoms with van der Waals surface area (Å²) >= 11 is 15.8. The number of anilines is 2. The van der Waals surface area contributed by atoms with E-state index in [9.17, 15) is 14.4 Å².